The Balaban J connectivity index is 1.33. The summed E-state index contributed by atoms with van der Waals surface area (Å²) in [4.78, 5) is 36.7. The molecular formula is C28H28N4O5. The molecule has 4 heterocycles. The number of hydrogen-bond donors (Lipinski definition) is 2. The Morgan fingerprint density at radius 2 is 2.00 bits per heavy atom. The maximum atomic E-state index is 13.1. The number of fused-ring (bicyclic) bond motifs is 2. The number of aromatic hydroxyl groups is 1. The van der Waals surface area contributed by atoms with E-state index in [2.05, 4.69) is 20.8 Å². The molecule has 0 atom stereocenters. The molecule has 9 heteroatoms. The lowest BCUT2D eigenvalue weighted by Crippen LogP contribution is -2.49. The molecule has 0 bridgehead atoms. The van der Waals surface area contributed by atoms with E-state index >= 15 is 0 Å². The molecule has 1 saturated heterocycles. The summed E-state index contributed by atoms with van der Waals surface area (Å²) in [6, 6.07) is 6.68. The number of hydrogen-bond acceptors (Lipinski definition) is 7. The number of nitrogens with one attached hydrogen (secondary N) is 1. The topological polar surface area (TPSA) is 108 Å². The van der Waals surface area contributed by atoms with Crippen molar-refractivity contribution < 1.29 is 24.2 Å². The Kier molecular flexibility index (Phi) is 6.13. The molecule has 0 unspecified atom stereocenters. The van der Waals surface area contributed by atoms with Crippen molar-refractivity contribution in [3.63, 3.8) is 0 Å². The number of nitrogens with zero attached hydrogens (tertiary/aromatic N) is 3. The van der Waals surface area contributed by atoms with Gasteiger partial charge in [-0.15, -0.1) is 6.42 Å². The minimum Gasteiger partial charge on any atom is -0.507 e. The molecule has 0 aliphatic carbocycles. The van der Waals surface area contributed by atoms with E-state index < -0.39 is 5.60 Å². The van der Waals surface area contributed by atoms with Crippen molar-refractivity contribution in [3.05, 3.63) is 58.6 Å². The highest BCUT2D eigenvalue weighted by Crippen LogP contribution is 2.40. The molecule has 3 aromatic rings. The van der Waals surface area contributed by atoms with Gasteiger partial charge in [0, 0.05) is 49.9 Å². The van der Waals surface area contributed by atoms with Crippen molar-refractivity contribution in [1.29, 1.82) is 0 Å². The first-order valence-corrected chi connectivity index (χ1v) is 12.1. The Morgan fingerprint density at radius 3 is 2.70 bits per heavy atom. The summed E-state index contributed by atoms with van der Waals surface area (Å²) in [5.41, 5.74) is 2.27. The molecule has 0 radical (unpaired) electrons. The number of rotatable bonds is 3. The maximum Gasteiger partial charge on any atom is 0.410 e. The Hall–Kier alpha value is -4.29. The number of amides is 1. The summed E-state index contributed by atoms with van der Waals surface area (Å²) in [6.45, 7) is 8.11. The lowest BCUT2D eigenvalue weighted by molar-refractivity contribution is 0.0138. The van der Waals surface area contributed by atoms with Crippen LogP contribution in [0.2, 0.25) is 0 Å². The highest BCUT2D eigenvalue weighted by molar-refractivity contribution is 6.15. The van der Waals surface area contributed by atoms with Gasteiger partial charge in [-0.3, -0.25) is 9.69 Å². The van der Waals surface area contributed by atoms with Crippen LogP contribution in [0.1, 0.15) is 48.0 Å². The third-order valence-electron chi connectivity index (χ3n) is 6.33. The van der Waals surface area contributed by atoms with Gasteiger partial charge in [0.2, 0.25) is 5.78 Å². The van der Waals surface area contributed by atoms with Crippen LogP contribution in [-0.2, 0) is 11.3 Å². The third-order valence-corrected chi connectivity index (χ3v) is 6.33. The number of ketones is 1. The lowest BCUT2D eigenvalue weighted by atomic mass is 10.0. The second-order valence-corrected chi connectivity index (χ2v) is 10.1. The predicted molar refractivity (Wildman–Crippen MR) is 138 cm³/mol. The zero-order chi connectivity index (χ0) is 26.3. The Morgan fingerprint density at radius 1 is 1.24 bits per heavy atom. The first-order chi connectivity index (χ1) is 17.6. The Labute approximate surface area is 214 Å². The van der Waals surface area contributed by atoms with Crippen molar-refractivity contribution in [2.24, 2.45) is 0 Å². The third kappa shape index (κ3) is 4.88. The summed E-state index contributed by atoms with van der Waals surface area (Å²) >= 11 is 0. The molecule has 1 aromatic carbocycles. The van der Waals surface area contributed by atoms with Gasteiger partial charge in [-0.2, -0.15) is 0 Å². The summed E-state index contributed by atoms with van der Waals surface area (Å²) in [5.74, 6) is 2.83. The first kappa shape index (κ1) is 24.4. The van der Waals surface area contributed by atoms with Gasteiger partial charge in [0.1, 0.15) is 28.4 Å². The van der Waals surface area contributed by atoms with E-state index in [1.165, 1.54) is 6.07 Å². The fourth-order valence-corrected chi connectivity index (χ4v) is 4.46. The van der Waals surface area contributed by atoms with Crippen molar-refractivity contribution in [1.82, 2.24) is 19.8 Å². The summed E-state index contributed by atoms with van der Waals surface area (Å²) < 4.78 is 11.5. The summed E-state index contributed by atoms with van der Waals surface area (Å²) in [7, 11) is 0. The number of piperazine rings is 1. The Bertz CT molecular complexity index is 1470. The number of benzene rings is 1. The number of carbonyl (C=O) groups is 2. The highest BCUT2D eigenvalue weighted by Gasteiger charge is 2.33. The zero-order valence-corrected chi connectivity index (χ0v) is 21.0. The van der Waals surface area contributed by atoms with Crippen LogP contribution in [0.15, 0.2) is 36.2 Å². The van der Waals surface area contributed by atoms with Crippen LogP contribution < -0.4 is 4.74 Å². The van der Waals surface area contributed by atoms with Gasteiger partial charge in [0.25, 0.3) is 0 Å². The van der Waals surface area contributed by atoms with Crippen LogP contribution in [-0.4, -0.2) is 68.5 Å². The number of aromatic nitrogens is 2. The van der Waals surface area contributed by atoms with Crippen LogP contribution >= 0.6 is 0 Å². The molecular weight excluding hydrogens is 472 g/mol. The molecule has 2 aliphatic rings. The smallest absolute Gasteiger partial charge is 0.410 e. The number of phenols is 1. The van der Waals surface area contributed by atoms with Crippen molar-refractivity contribution in [3.8, 4) is 23.8 Å². The van der Waals surface area contributed by atoms with E-state index in [1.807, 2.05) is 26.8 Å². The fourth-order valence-electron chi connectivity index (χ4n) is 4.46. The molecule has 37 heavy (non-hydrogen) atoms. The molecule has 9 nitrogen and oxygen atoms in total. The second kappa shape index (κ2) is 9.30. The van der Waals surface area contributed by atoms with Crippen LogP contribution in [0.4, 0.5) is 4.79 Å². The van der Waals surface area contributed by atoms with E-state index in [0.29, 0.717) is 60.9 Å². The van der Waals surface area contributed by atoms with E-state index in [1.54, 1.807) is 29.3 Å². The summed E-state index contributed by atoms with van der Waals surface area (Å²) in [5, 5.41) is 11.5. The number of aromatic amines is 1. The number of allylic oxidation sites excluding steroid dienone is 1. The molecule has 2 aliphatic heterocycles. The number of phenolic OH excluding ortho intramolecular Hbond substituents is 1. The van der Waals surface area contributed by atoms with E-state index in [4.69, 9.17) is 15.9 Å². The van der Waals surface area contributed by atoms with Gasteiger partial charge < -0.3 is 24.5 Å². The number of carbonyl (C=O) groups excluding carboxylic acids is 2. The van der Waals surface area contributed by atoms with E-state index in [-0.39, 0.29) is 23.4 Å². The van der Waals surface area contributed by atoms with Gasteiger partial charge in [0.15, 0.2) is 5.76 Å². The standard InChI is InChI=1S/C28H28N4O5/c1-5-18-6-7-19-17(15-29-26(19)30-18)14-23-24(34)20-8-9-22(33)21(25(20)36-23)16-31-10-12-32(13-11-31)27(35)37-28(2,3)4/h1,6-9,14-15,33H,10-13,16H2,2-4H3,(H,29,30). The van der Waals surface area contributed by atoms with Gasteiger partial charge in [-0.25, -0.2) is 9.78 Å². The number of Topliss-reactive ketones (excluding diaryl/α,β-unsaturated/α-hetero) is 1. The van der Waals surface area contributed by atoms with Gasteiger partial charge in [-0.05, 0) is 51.1 Å². The van der Waals surface area contributed by atoms with Crippen molar-refractivity contribution >= 4 is 29.0 Å². The molecule has 2 aromatic heterocycles. The molecule has 1 amide bonds. The highest BCUT2D eigenvalue weighted by atomic mass is 16.6. The molecule has 0 spiro atoms. The van der Waals surface area contributed by atoms with Crippen molar-refractivity contribution in [2.75, 3.05) is 26.2 Å². The number of terminal acetylenes is 1. The van der Waals surface area contributed by atoms with E-state index in [0.717, 1.165) is 10.9 Å². The summed E-state index contributed by atoms with van der Waals surface area (Å²) in [6.07, 6.45) is 8.51. The lowest BCUT2D eigenvalue weighted by Gasteiger charge is -2.35. The number of H-pyrrole nitrogens is 1. The fraction of sp³-hybridized carbons (Fsp3) is 0.321. The van der Waals surface area contributed by atoms with E-state index in [9.17, 15) is 14.7 Å². The van der Waals surface area contributed by atoms with Gasteiger partial charge >= 0.3 is 6.09 Å². The quantitative estimate of drug-likeness (QED) is 0.415. The monoisotopic (exact) mass is 500 g/mol. The number of ether oxygens (including phenoxy) is 2. The van der Waals surface area contributed by atoms with Crippen LogP contribution in [0.25, 0.3) is 17.1 Å². The van der Waals surface area contributed by atoms with Crippen molar-refractivity contribution in [2.45, 2.75) is 32.9 Å². The predicted octanol–water partition coefficient (Wildman–Crippen LogP) is 3.92. The SMILES string of the molecule is C#Cc1ccc2c(C=C3Oc4c(ccc(O)c4CN4CCN(C(=O)OC(C)(C)C)CC4)C3=O)c[nH]c2n1. The molecule has 0 saturated carbocycles. The van der Waals surface area contributed by atoms with Crippen LogP contribution in [0, 0.1) is 12.3 Å². The average Bonchev–Trinajstić information content (AvgIpc) is 3.40. The maximum absolute atomic E-state index is 13.1. The van der Waals surface area contributed by atoms with Gasteiger partial charge in [0.05, 0.1) is 11.1 Å². The van der Waals surface area contributed by atoms with Crippen LogP contribution in [0.3, 0.4) is 0 Å². The zero-order valence-electron chi connectivity index (χ0n) is 21.0. The normalized spacial score (nSPS) is 17.1. The number of pyridine rings is 1. The van der Waals surface area contributed by atoms with Crippen LogP contribution in [0.5, 0.6) is 11.5 Å². The largest absolute Gasteiger partial charge is 0.507 e. The second-order valence-electron chi connectivity index (χ2n) is 10.1. The first-order valence-electron chi connectivity index (χ1n) is 12.1. The van der Waals surface area contributed by atoms with Gasteiger partial charge in [-0.1, -0.05) is 5.92 Å². The molecule has 190 valence electrons. The molecule has 1 fully saturated rings. The average molecular weight is 501 g/mol. The molecule has 5 rings (SSSR count). The minimum absolute atomic E-state index is 0.0560. The minimum atomic E-state index is -0.548. The molecule has 2 N–H and O–H groups in total.